The Labute approximate surface area is 127 Å². The van der Waals surface area contributed by atoms with Gasteiger partial charge in [-0.15, -0.1) is 10.2 Å². The van der Waals surface area contributed by atoms with Crippen molar-refractivity contribution in [3.05, 3.63) is 50.6 Å². The first-order valence-corrected chi connectivity index (χ1v) is 7.31. The number of para-hydroxylation sites is 1. The number of rotatable bonds is 4. The number of carbonyl (C=O) groups is 1. The maximum Gasteiger partial charge on any atom is 0.328 e. The highest BCUT2D eigenvalue weighted by molar-refractivity contribution is 7.13. The molecule has 0 aliphatic heterocycles. The van der Waals surface area contributed by atoms with Gasteiger partial charge in [0, 0.05) is 13.0 Å². The fourth-order valence-corrected chi connectivity index (χ4v) is 2.55. The van der Waals surface area contributed by atoms with Crippen LogP contribution >= 0.6 is 11.3 Å². The van der Waals surface area contributed by atoms with E-state index >= 15 is 0 Å². The normalized spacial score (nSPS) is 10.7. The number of nitrogens with zero attached hydrogens (tertiary/aromatic N) is 3. The molecule has 2 heterocycles. The van der Waals surface area contributed by atoms with E-state index in [1.165, 1.54) is 21.4 Å². The molecule has 2 N–H and O–H groups in total. The predicted molar refractivity (Wildman–Crippen MR) is 82.0 cm³/mol. The lowest BCUT2D eigenvalue weighted by Crippen LogP contribution is -2.31. The lowest BCUT2D eigenvalue weighted by Gasteiger charge is -2.08. The number of aromatic amines is 1. The van der Waals surface area contributed by atoms with Crippen LogP contribution in [0.5, 0.6) is 0 Å². The summed E-state index contributed by atoms with van der Waals surface area (Å²) in [6, 6.07) is 6.76. The zero-order chi connectivity index (χ0) is 15.5. The molecular formula is C13H11N5O3S. The van der Waals surface area contributed by atoms with Crippen LogP contribution in [0.4, 0.5) is 5.13 Å². The summed E-state index contributed by atoms with van der Waals surface area (Å²) in [7, 11) is 0. The Morgan fingerprint density at radius 1 is 1.32 bits per heavy atom. The molecule has 0 atom stereocenters. The first-order valence-electron chi connectivity index (χ1n) is 6.43. The number of hydrogen-bond donors (Lipinski definition) is 2. The van der Waals surface area contributed by atoms with Crippen molar-refractivity contribution in [2.45, 2.75) is 13.0 Å². The molecule has 0 radical (unpaired) electrons. The zero-order valence-electron chi connectivity index (χ0n) is 11.3. The molecule has 1 aromatic carbocycles. The smallest absolute Gasteiger partial charge is 0.300 e. The molecule has 0 spiro atoms. The molecule has 112 valence electrons. The van der Waals surface area contributed by atoms with Crippen molar-refractivity contribution in [2.24, 2.45) is 0 Å². The first-order chi connectivity index (χ1) is 10.6. The molecular weight excluding hydrogens is 306 g/mol. The number of anilines is 1. The molecule has 0 unspecified atom stereocenters. The summed E-state index contributed by atoms with van der Waals surface area (Å²) in [5.74, 6) is -0.279. The average Bonchev–Trinajstić information content (AvgIpc) is 3.00. The van der Waals surface area contributed by atoms with E-state index in [1.807, 2.05) is 0 Å². The zero-order valence-corrected chi connectivity index (χ0v) is 12.1. The van der Waals surface area contributed by atoms with Crippen LogP contribution in [0.25, 0.3) is 10.9 Å². The summed E-state index contributed by atoms with van der Waals surface area (Å²) in [5, 5.41) is 10.7. The molecule has 2 aromatic heterocycles. The van der Waals surface area contributed by atoms with Crippen molar-refractivity contribution in [1.82, 2.24) is 19.7 Å². The van der Waals surface area contributed by atoms with E-state index in [2.05, 4.69) is 20.5 Å². The van der Waals surface area contributed by atoms with Gasteiger partial charge in [0.25, 0.3) is 5.56 Å². The van der Waals surface area contributed by atoms with E-state index in [9.17, 15) is 14.4 Å². The molecule has 3 rings (SSSR count). The minimum atomic E-state index is -0.535. The molecule has 9 heteroatoms. The van der Waals surface area contributed by atoms with Crippen LogP contribution in [-0.4, -0.2) is 25.7 Å². The Bertz CT molecular complexity index is 929. The van der Waals surface area contributed by atoms with Crippen LogP contribution in [0.2, 0.25) is 0 Å². The van der Waals surface area contributed by atoms with Gasteiger partial charge in [-0.25, -0.2) is 4.79 Å². The predicted octanol–water partition coefficient (Wildman–Crippen LogP) is 0.570. The monoisotopic (exact) mass is 317 g/mol. The second kappa shape index (κ2) is 5.90. The number of H-pyrrole nitrogens is 1. The van der Waals surface area contributed by atoms with Crippen LogP contribution < -0.4 is 16.6 Å². The van der Waals surface area contributed by atoms with Crippen LogP contribution in [0.3, 0.4) is 0 Å². The number of hydrogen-bond acceptors (Lipinski definition) is 6. The highest BCUT2D eigenvalue weighted by Gasteiger charge is 2.10. The van der Waals surface area contributed by atoms with E-state index < -0.39 is 11.2 Å². The summed E-state index contributed by atoms with van der Waals surface area (Å²) in [6.45, 7) is 0.154. The van der Waals surface area contributed by atoms with Gasteiger partial charge in [0.1, 0.15) is 5.51 Å². The summed E-state index contributed by atoms with van der Waals surface area (Å²) < 4.78 is 1.37. The molecule has 22 heavy (non-hydrogen) atoms. The topological polar surface area (TPSA) is 110 Å². The van der Waals surface area contributed by atoms with E-state index in [0.717, 1.165) is 0 Å². The second-order valence-electron chi connectivity index (χ2n) is 4.47. The Morgan fingerprint density at radius 2 is 2.14 bits per heavy atom. The number of amides is 1. The van der Waals surface area contributed by atoms with Crippen molar-refractivity contribution in [2.75, 3.05) is 5.32 Å². The maximum atomic E-state index is 11.9. The summed E-state index contributed by atoms with van der Waals surface area (Å²) in [5.41, 5.74) is 1.04. The van der Waals surface area contributed by atoms with Gasteiger partial charge >= 0.3 is 5.69 Å². The number of carbonyl (C=O) groups excluding carboxylic acids is 1. The van der Waals surface area contributed by atoms with Crippen molar-refractivity contribution >= 4 is 33.3 Å². The van der Waals surface area contributed by atoms with E-state index in [-0.39, 0.29) is 18.9 Å². The van der Waals surface area contributed by atoms with Crippen molar-refractivity contribution in [3.63, 3.8) is 0 Å². The van der Waals surface area contributed by atoms with E-state index in [1.54, 1.807) is 24.3 Å². The summed E-state index contributed by atoms with van der Waals surface area (Å²) in [6.07, 6.45) is 0.0789. The first kappa shape index (κ1) is 14.1. The molecule has 1 amide bonds. The molecule has 3 aromatic rings. The molecule has 8 nitrogen and oxygen atoms in total. The average molecular weight is 317 g/mol. The van der Waals surface area contributed by atoms with E-state index in [4.69, 9.17) is 0 Å². The van der Waals surface area contributed by atoms with Crippen LogP contribution in [0.15, 0.2) is 39.4 Å². The standard InChI is InChI=1S/C13H11N5O3S/c19-10(15-12-17-14-7-22-12)5-6-18-9-4-2-1-3-8(9)11(20)16-13(18)21/h1-4,7H,5-6H2,(H,15,17,19)(H,16,20,21). The maximum absolute atomic E-state index is 11.9. The third-order valence-electron chi connectivity index (χ3n) is 3.07. The number of nitrogens with one attached hydrogen (secondary N) is 2. The largest absolute Gasteiger partial charge is 0.328 e. The molecule has 0 bridgehead atoms. The Balaban J connectivity index is 1.84. The lowest BCUT2D eigenvalue weighted by atomic mass is 10.2. The summed E-state index contributed by atoms with van der Waals surface area (Å²) in [4.78, 5) is 37.8. The Kier molecular flexibility index (Phi) is 3.79. The van der Waals surface area contributed by atoms with Gasteiger partial charge in [-0.1, -0.05) is 23.5 Å². The van der Waals surface area contributed by atoms with Crippen molar-refractivity contribution in [1.29, 1.82) is 0 Å². The van der Waals surface area contributed by atoms with Gasteiger partial charge < -0.3 is 5.32 Å². The van der Waals surface area contributed by atoms with Gasteiger partial charge in [0.2, 0.25) is 11.0 Å². The Morgan fingerprint density at radius 3 is 2.91 bits per heavy atom. The SMILES string of the molecule is O=C(CCn1c(=O)[nH]c(=O)c2ccccc21)Nc1nncs1. The van der Waals surface area contributed by atoms with Gasteiger partial charge in [-0.2, -0.15) is 0 Å². The fraction of sp³-hybridized carbons (Fsp3) is 0.154. The summed E-state index contributed by atoms with van der Waals surface area (Å²) >= 11 is 1.21. The molecule has 0 saturated heterocycles. The minimum absolute atomic E-state index is 0.0789. The van der Waals surface area contributed by atoms with Gasteiger partial charge in [-0.05, 0) is 12.1 Å². The molecule has 0 fully saturated rings. The number of aromatic nitrogens is 4. The highest BCUT2D eigenvalue weighted by atomic mass is 32.1. The van der Waals surface area contributed by atoms with Gasteiger partial charge in [0.15, 0.2) is 0 Å². The quantitative estimate of drug-likeness (QED) is 0.731. The minimum Gasteiger partial charge on any atom is -0.300 e. The van der Waals surface area contributed by atoms with Crippen molar-refractivity contribution < 1.29 is 4.79 Å². The Hall–Kier alpha value is -2.81. The second-order valence-corrected chi connectivity index (χ2v) is 5.30. The third-order valence-corrected chi connectivity index (χ3v) is 3.68. The molecule has 0 aliphatic rings. The molecule has 0 aliphatic carbocycles. The van der Waals surface area contributed by atoms with Crippen molar-refractivity contribution in [3.8, 4) is 0 Å². The van der Waals surface area contributed by atoms with Gasteiger partial charge in [-0.3, -0.25) is 19.1 Å². The fourth-order valence-electron chi connectivity index (χ4n) is 2.09. The van der Waals surface area contributed by atoms with Crippen LogP contribution in [-0.2, 0) is 11.3 Å². The molecule has 0 saturated carbocycles. The third kappa shape index (κ3) is 2.79. The number of benzene rings is 1. The van der Waals surface area contributed by atoms with Crippen LogP contribution in [0, 0.1) is 0 Å². The van der Waals surface area contributed by atoms with Crippen LogP contribution in [0.1, 0.15) is 6.42 Å². The van der Waals surface area contributed by atoms with E-state index in [0.29, 0.717) is 16.0 Å². The number of aryl methyl sites for hydroxylation is 1. The highest BCUT2D eigenvalue weighted by Crippen LogP contribution is 2.10. The number of fused-ring (bicyclic) bond motifs is 1. The lowest BCUT2D eigenvalue weighted by molar-refractivity contribution is -0.116. The van der Waals surface area contributed by atoms with Gasteiger partial charge in [0.05, 0.1) is 10.9 Å².